The lowest BCUT2D eigenvalue weighted by atomic mass is 10.1. The summed E-state index contributed by atoms with van der Waals surface area (Å²) in [5, 5.41) is 2.19. The molecule has 0 fully saturated rings. The van der Waals surface area contributed by atoms with Crippen LogP contribution in [0.15, 0.2) is 48.5 Å². The van der Waals surface area contributed by atoms with Gasteiger partial charge in [-0.3, -0.25) is 14.6 Å². The molecule has 1 aromatic heterocycles. The topological polar surface area (TPSA) is 23.6 Å². The van der Waals surface area contributed by atoms with E-state index in [-0.39, 0.29) is 5.91 Å². The van der Waals surface area contributed by atoms with Gasteiger partial charge in [0.05, 0.1) is 16.7 Å². The molecule has 0 spiro atoms. The highest BCUT2D eigenvalue weighted by molar-refractivity contribution is 7.16. The van der Waals surface area contributed by atoms with E-state index in [4.69, 9.17) is 11.6 Å². The monoisotopic (exact) mass is 356 g/mol. The number of nitrogens with zero attached hydrogens (tertiary/aromatic N) is 2. The molecule has 1 aliphatic rings. The number of carbonyl (C=O) groups is 1. The summed E-state index contributed by atoms with van der Waals surface area (Å²) in [4.78, 5) is 18.2. The zero-order valence-corrected chi connectivity index (χ0v) is 14.9. The summed E-state index contributed by atoms with van der Waals surface area (Å²) < 4.78 is 0.801. The molecule has 3 nitrogen and oxygen atoms in total. The molecule has 0 aliphatic carbocycles. The Balaban J connectivity index is 1.63. The van der Waals surface area contributed by atoms with E-state index in [0.29, 0.717) is 6.67 Å². The predicted molar refractivity (Wildman–Crippen MR) is 101 cm³/mol. The first-order valence-corrected chi connectivity index (χ1v) is 9.17. The average Bonchev–Trinajstić information content (AvgIpc) is 3.12. The largest absolute Gasteiger partial charge is 0.294 e. The molecule has 1 aliphatic heterocycles. The van der Waals surface area contributed by atoms with Crippen LogP contribution >= 0.6 is 22.9 Å². The smallest absolute Gasteiger partial charge is 0.260 e. The number of anilines is 1. The molecule has 3 aromatic rings. The summed E-state index contributed by atoms with van der Waals surface area (Å²) in [6.45, 7) is 4.36. The Hall–Kier alpha value is -1.88. The van der Waals surface area contributed by atoms with Crippen molar-refractivity contribution in [2.45, 2.75) is 13.5 Å². The Kier molecular flexibility index (Phi) is 4.04. The normalized spacial score (nSPS) is 13.5. The molecular weight excluding hydrogens is 340 g/mol. The number of rotatable bonds is 5. The summed E-state index contributed by atoms with van der Waals surface area (Å²) in [6, 6.07) is 16.0. The molecule has 0 N–H and O–H groups in total. The first-order chi connectivity index (χ1) is 11.7. The van der Waals surface area contributed by atoms with Crippen LogP contribution in [0.5, 0.6) is 0 Å². The van der Waals surface area contributed by atoms with Crippen molar-refractivity contribution in [3.63, 3.8) is 0 Å². The number of hydrogen-bond donors (Lipinski definition) is 0. The van der Waals surface area contributed by atoms with E-state index >= 15 is 0 Å². The first kappa shape index (κ1) is 15.6. The molecule has 4 rings (SSSR count). The quantitative estimate of drug-likeness (QED) is 0.642. The van der Waals surface area contributed by atoms with Crippen molar-refractivity contribution >= 4 is 45.3 Å². The standard InChI is InChI=1S/C19H17ClN2OS/c1-2-21(11-14-9-10-17(20)24-14)12-22-16-8-4-6-13-5-3-7-15(18(13)16)19(22)23/h3-10H,2,11-12H2,1H3. The molecule has 1 amide bonds. The zero-order chi connectivity index (χ0) is 16.7. The minimum Gasteiger partial charge on any atom is -0.294 e. The summed E-state index contributed by atoms with van der Waals surface area (Å²) in [5.74, 6) is 0.0875. The molecule has 2 heterocycles. The molecule has 122 valence electrons. The highest BCUT2D eigenvalue weighted by atomic mass is 35.5. The summed E-state index contributed by atoms with van der Waals surface area (Å²) in [5.41, 5.74) is 1.81. The van der Waals surface area contributed by atoms with E-state index in [1.165, 1.54) is 4.88 Å². The molecule has 0 saturated carbocycles. The van der Waals surface area contributed by atoms with Crippen LogP contribution in [0.3, 0.4) is 0 Å². The molecule has 24 heavy (non-hydrogen) atoms. The van der Waals surface area contributed by atoms with Crippen molar-refractivity contribution in [2.24, 2.45) is 0 Å². The maximum absolute atomic E-state index is 12.9. The van der Waals surface area contributed by atoms with Crippen molar-refractivity contribution in [2.75, 3.05) is 18.1 Å². The van der Waals surface area contributed by atoms with Gasteiger partial charge in [-0.1, -0.05) is 42.8 Å². The Morgan fingerprint density at radius 2 is 1.92 bits per heavy atom. The Morgan fingerprint density at radius 3 is 2.62 bits per heavy atom. The molecule has 2 aromatic carbocycles. The van der Waals surface area contributed by atoms with Crippen LogP contribution in [-0.4, -0.2) is 24.0 Å². The number of carbonyl (C=O) groups excluding carboxylic acids is 1. The van der Waals surface area contributed by atoms with Gasteiger partial charge < -0.3 is 0 Å². The number of benzene rings is 2. The highest BCUT2D eigenvalue weighted by Crippen LogP contribution is 2.37. The second-order valence-electron chi connectivity index (χ2n) is 5.91. The van der Waals surface area contributed by atoms with E-state index < -0.39 is 0 Å². The van der Waals surface area contributed by atoms with Gasteiger partial charge in [-0.05, 0) is 36.2 Å². The summed E-state index contributed by atoms with van der Waals surface area (Å²) in [6.07, 6.45) is 0. The van der Waals surface area contributed by atoms with Crippen LogP contribution < -0.4 is 4.90 Å². The van der Waals surface area contributed by atoms with Crippen molar-refractivity contribution in [3.05, 3.63) is 63.3 Å². The lowest BCUT2D eigenvalue weighted by Gasteiger charge is -2.27. The Labute approximate surface area is 150 Å². The van der Waals surface area contributed by atoms with E-state index in [9.17, 15) is 4.79 Å². The van der Waals surface area contributed by atoms with Gasteiger partial charge in [0.1, 0.15) is 0 Å². The number of hydrogen-bond acceptors (Lipinski definition) is 3. The molecule has 0 atom stereocenters. The third-order valence-corrected chi connectivity index (χ3v) is 5.66. The minimum absolute atomic E-state index is 0.0875. The van der Waals surface area contributed by atoms with Gasteiger partial charge in [0.25, 0.3) is 5.91 Å². The average molecular weight is 357 g/mol. The fourth-order valence-electron chi connectivity index (χ4n) is 3.24. The minimum atomic E-state index is 0.0875. The second-order valence-corrected chi connectivity index (χ2v) is 7.71. The zero-order valence-electron chi connectivity index (χ0n) is 13.3. The molecule has 0 unspecified atom stereocenters. The van der Waals surface area contributed by atoms with Crippen molar-refractivity contribution in [1.82, 2.24) is 4.90 Å². The number of halogens is 1. The Morgan fingerprint density at radius 1 is 1.12 bits per heavy atom. The van der Waals surface area contributed by atoms with Gasteiger partial charge in [-0.15, -0.1) is 11.3 Å². The lowest BCUT2D eigenvalue weighted by Crippen LogP contribution is -2.39. The fraction of sp³-hybridized carbons (Fsp3) is 0.211. The van der Waals surface area contributed by atoms with Crippen molar-refractivity contribution in [3.8, 4) is 0 Å². The highest BCUT2D eigenvalue weighted by Gasteiger charge is 2.30. The van der Waals surface area contributed by atoms with E-state index in [2.05, 4.69) is 30.0 Å². The maximum atomic E-state index is 12.9. The Bertz CT molecular complexity index is 915. The van der Waals surface area contributed by atoms with Crippen molar-refractivity contribution < 1.29 is 4.79 Å². The summed E-state index contributed by atoms with van der Waals surface area (Å²) >= 11 is 7.62. The van der Waals surface area contributed by atoms with Crippen LogP contribution in [0.4, 0.5) is 5.69 Å². The summed E-state index contributed by atoms with van der Waals surface area (Å²) in [7, 11) is 0. The van der Waals surface area contributed by atoms with Gasteiger partial charge in [0.15, 0.2) is 0 Å². The fourth-order valence-corrected chi connectivity index (χ4v) is 4.37. The number of amides is 1. The van der Waals surface area contributed by atoms with Crippen LogP contribution in [0.2, 0.25) is 4.34 Å². The van der Waals surface area contributed by atoms with Gasteiger partial charge >= 0.3 is 0 Å². The van der Waals surface area contributed by atoms with E-state index in [0.717, 1.165) is 39.4 Å². The molecule has 0 radical (unpaired) electrons. The van der Waals surface area contributed by atoms with Crippen LogP contribution in [0, 0.1) is 0 Å². The molecular formula is C19H17ClN2OS. The molecule has 5 heteroatoms. The maximum Gasteiger partial charge on any atom is 0.260 e. The van der Waals surface area contributed by atoms with Gasteiger partial charge in [0.2, 0.25) is 0 Å². The second kappa shape index (κ2) is 6.20. The van der Waals surface area contributed by atoms with Crippen LogP contribution in [0.1, 0.15) is 22.2 Å². The van der Waals surface area contributed by atoms with E-state index in [1.807, 2.05) is 35.2 Å². The van der Waals surface area contributed by atoms with Gasteiger partial charge in [-0.2, -0.15) is 0 Å². The van der Waals surface area contributed by atoms with Crippen molar-refractivity contribution in [1.29, 1.82) is 0 Å². The molecule has 0 bridgehead atoms. The van der Waals surface area contributed by atoms with E-state index in [1.54, 1.807) is 11.3 Å². The predicted octanol–water partition coefficient (Wildman–Crippen LogP) is 4.99. The van der Waals surface area contributed by atoms with Crippen LogP contribution in [-0.2, 0) is 6.54 Å². The van der Waals surface area contributed by atoms with Gasteiger partial charge in [0, 0.05) is 22.4 Å². The SMILES string of the molecule is CCN(Cc1ccc(Cl)s1)CN1C(=O)c2cccc3cccc1c23. The lowest BCUT2D eigenvalue weighted by molar-refractivity contribution is 0.0974. The van der Waals surface area contributed by atoms with Gasteiger partial charge in [-0.25, -0.2) is 0 Å². The third kappa shape index (κ3) is 2.61. The third-order valence-electron chi connectivity index (χ3n) is 4.45. The first-order valence-electron chi connectivity index (χ1n) is 7.97. The number of thiophene rings is 1. The van der Waals surface area contributed by atoms with Crippen LogP contribution in [0.25, 0.3) is 10.8 Å². The molecule has 0 saturated heterocycles.